The average molecular weight is 278 g/mol. The molecule has 2 N–H and O–H groups in total. The van der Waals surface area contributed by atoms with Gasteiger partial charge in [-0.25, -0.2) is 0 Å². The van der Waals surface area contributed by atoms with Gasteiger partial charge in [0.25, 0.3) is 0 Å². The second kappa shape index (κ2) is 6.33. The van der Waals surface area contributed by atoms with Crippen LogP contribution < -0.4 is 0 Å². The number of hydrogen-bond acceptors (Lipinski definition) is 1. The minimum Gasteiger partial charge on any atom is -0.324 e. The first-order chi connectivity index (χ1) is 9.04. The lowest BCUT2D eigenvalue weighted by Gasteiger charge is -2.05. The molecule has 0 spiro atoms. The van der Waals surface area contributed by atoms with Crippen molar-refractivity contribution < 1.29 is 14.4 Å². The SMILES string of the molecule is O=P(O)(O)CCCCCc1ccc2ccccc2c1. The second-order valence-corrected chi connectivity index (χ2v) is 6.66. The third-order valence-corrected chi connectivity index (χ3v) is 4.13. The molecule has 102 valence electrons. The maximum atomic E-state index is 10.7. The number of unbranched alkanes of at least 4 members (excludes halogenated alkanes) is 2. The van der Waals surface area contributed by atoms with E-state index in [1.165, 1.54) is 16.3 Å². The van der Waals surface area contributed by atoms with Crippen LogP contribution in [-0.4, -0.2) is 15.9 Å². The number of aryl methyl sites for hydroxylation is 1. The van der Waals surface area contributed by atoms with Crippen LogP contribution in [0.25, 0.3) is 10.8 Å². The monoisotopic (exact) mass is 278 g/mol. The molecule has 0 amide bonds. The Morgan fingerprint density at radius 3 is 2.37 bits per heavy atom. The van der Waals surface area contributed by atoms with Gasteiger partial charge in [-0.3, -0.25) is 4.57 Å². The molecular formula is C15H19O3P. The molecule has 0 heterocycles. The quantitative estimate of drug-likeness (QED) is 0.625. The molecule has 0 radical (unpaired) electrons. The van der Waals surface area contributed by atoms with E-state index in [1.54, 1.807) is 0 Å². The molecule has 0 aliphatic rings. The van der Waals surface area contributed by atoms with Crippen LogP contribution in [0, 0.1) is 0 Å². The highest BCUT2D eigenvalue weighted by Crippen LogP contribution is 2.35. The third-order valence-electron chi connectivity index (χ3n) is 3.23. The van der Waals surface area contributed by atoms with Crippen molar-refractivity contribution in [2.75, 3.05) is 6.16 Å². The van der Waals surface area contributed by atoms with Crippen LogP contribution in [0.1, 0.15) is 24.8 Å². The first kappa shape index (κ1) is 14.3. The molecule has 2 rings (SSSR count). The van der Waals surface area contributed by atoms with Crippen molar-refractivity contribution >= 4 is 18.4 Å². The van der Waals surface area contributed by atoms with Crippen molar-refractivity contribution in [1.82, 2.24) is 0 Å². The Bertz CT molecular complexity index is 589. The lowest BCUT2D eigenvalue weighted by Crippen LogP contribution is -1.90. The van der Waals surface area contributed by atoms with Crippen LogP contribution in [-0.2, 0) is 11.0 Å². The van der Waals surface area contributed by atoms with Crippen LogP contribution in [0.4, 0.5) is 0 Å². The van der Waals surface area contributed by atoms with Gasteiger partial charge >= 0.3 is 7.60 Å². The molecular weight excluding hydrogens is 259 g/mol. The maximum Gasteiger partial charge on any atom is 0.325 e. The number of fused-ring (bicyclic) bond motifs is 1. The molecule has 19 heavy (non-hydrogen) atoms. The minimum absolute atomic E-state index is 0.00468. The summed E-state index contributed by atoms with van der Waals surface area (Å²) in [5.41, 5.74) is 1.29. The van der Waals surface area contributed by atoms with Gasteiger partial charge in [0.05, 0.1) is 0 Å². The van der Waals surface area contributed by atoms with Crippen LogP contribution >= 0.6 is 7.60 Å². The molecule has 0 bridgehead atoms. The fourth-order valence-electron chi connectivity index (χ4n) is 2.22. The number of hydrogen-bond donors (Lipinski definition) is 2. The van der Waals surface area contributed by atoms with E-state index in [0.717, 1.165) is 19.3 Å². The van der Waals surface area contributed by atoms with Crippen molar-refractivity contribution in [3.8, 4) is 0 Å². The number of rotatable bonds is 6. The molecule has 0 saturated carbocycles. The van der Waals surface area contributed by atoms with Crippen LogP contribution in [0.2, 0.25) is 0 Å². The minimum atomic E-state index is -3.81. The van der Waals surface area contributed by atoms with Crippen LogP contribution in [0.3, 0.4) is 0 Å². The summed E-state index contributed by atoms with van der Waals surface area (Å²) in [5.74, 6) is 0. The molecule has 3 nitrogen and oxygen atoms in total. The highest BCUT2D eigenvalue weighted by atomic mass is 31.2. The zero-order valence-electron chi connectivity index (χ0n) is 10.8. The number of benzene rings is 2. The van der Waals surface area contributed by atoms with Crippen molar-refractivity contribution in [3.63, 3.8) is 0 Å². The summed E-state index contributed by atoms with van der Waals surface area (Å²) in [6.07, 6.45) is 3.39. The van der Waals surface area contributed by atoms with Crippen molar-refractivity contribution in [1.29, 1.82) is 0 Å². The third kappa shape index (κ3) is 4.79. The van der Waals surface area contributed by atoms with Gasteiger partial charge in [-0.15, -0.1) is 0 Å². The molecule has 0 saturated heterocycles. The Morgan fingerprint density at radius 2 is 1.63 bits per heavy atom. The lowest BCUT2D eigenvalue weighted by molar-refractivity contribution is 0.371. The molecule has 2 aromatic rings. The van der Waals surface area contributed by atoms with E-state index in [4.69, 9.17) is 9.79 Å². The Hall–Kier alpha value is -1.15. The largest absolute Gasteiger partial charge is 0.325 e. The van der Waals surface area contributed by atoms with E-state index in [2.05, 4.69) is 30.3 Å². The van der Waals surface area contributed by atoms with Crippen molar-refractivity contribution in [3.05, 3.63) is 48.0 Å². The summed E-state index contributed by atoms with van der Waals surface area (Å²) in [6, 6.07) is 14.7. The summed E-state index contributed by atoms with van der Waals surface area (Å²) >= 11 is 0. The molecule has 2 aromatic carbocycles. The van der Waals surface area contributed by atoms with Gasteiger partial charge in [-0.1, -0.05) is 48.9 Å². The van der Waals surface area contributed by atoms with E-state index >= 15 is 0 Å². The average Bonchev–Trinajstić information content (AvgIpc) is 2.37. The lowest BCUT2D eigenvalue weighted by atomic mass is 10.0. The summed E-state index contributed by atoms with van der Waals surface area (Å²) < 4.78 is 10.7. The van der Waals surface area contributed by atoms with E-state index in [9.17, 15) is 4.57 Å². The normalized spacial score (nSPS) is 11.9. The molecule has 0 unspecified atom stereocenters. The van der Waals surface area contributed by atoms with Gasteiger partial charge < -0.3 is 9.79 Å². The van der Waals surface area contributed by atoms with Crippen LogP contribution in [0.5, 0.6) is 0 Å². The molecule has 4 heteroatoms. The predicted molar refractivity (Wildman–Crippen MR) is 78.4 cm³/mol. The Balaban J connectivity index is 1.83. The van der Waals surface area contributed by atoms with Gasteiger partial charge in [0.2, 0.25) is 0 Å². The molecule has 0 atom stereocenters. The second-order valence-electron chi connectivity index (χ2n) is 4.88. The highest BCUT2D eigenvalue weighted by molar-refractivity contribution is 7.51. The van der Waals surface area contributed by atoms with Gasteiger partial charge in [0.1, 0.15) is 0 Å². The van der Waals surface area contributed by atoms with Gasteiger partial charge in [-0.05, 0) is 35.6 Å². The first-order valence-electron chi connectivity index (χ1n) is 6.57. The first-order valence-corrected chi connectivity index (χ1v) is 8.37. The summed E-state index contributed by atoms with van der Waals surface area (Å²) in [4.78, 5) is 17.5. The Kier molecular flexibility index (Phi) is 4.76. The zero-order chi connectivity index (χ0) is 13.7. The summed E-state index contributed by atoms with van der Waals surface area (Å²) in [6.45, 7) is 0. The molecule has 0 fully saturated rings. The topological polar surface area (TPSA) is 57.5 Å². The van der Waals surface area contributed by atoms with Gasteiger partial charge in [0, 0.05) is 6.16 Å². The maximum absolute atomic E-state index is 10.7. The predicted octanol–water partition coefficient (Wildman–Crippen LogP) is 3.73. The fraction of sp³-hybridized carbons (Fsp3) is 0.333. The Morgan fingerprint density at radius 1 is 0.895 bits per heavy atom. The van der Waals surface area contributed by atoms with Crippen molar-refractivity contribution in [2.24, 2.45) is 0 Å². The van der Waals surface area contributed by atoms with E-state index in [-0.39, 0.29) is 6.16 Å². The van der Waals surface area contributed by atoms with E-state index < -0.39 is 7.60 Å². The fourth-order valence-corrected chi connectivity index (χ4v) is 2.85. The highest BCUT2D eigenvalue weighted by Gasteiger charge is 2.10. The van der Waals surface area contributed by atoms with E-state index in [1.807, 2.05) is 12.1 Å². The Labute approximate surface area is 113 Å². The van der Waals surface area contributed by atoms with Crippen LogP contribution in [0.15, 0.2) is 42.5 Å². The van der Waals surface area contributed by atoms with Crippen molar-refractivity contribution in [2.45, 2.75) is 25.7 Å². The summed E-state index contributed by atoms with van der Waals surface area (Å²) in [7, 11) is -3.81. The van der Waals surface area contributed by atoms with Gasteiger partial charge in [-0.2, -0.15) is 0 Å². The molecule has 0 aliphatic heterocycles. The van der Waals surface area contributed by atoms with Gasteiger partial charge in [0.15, 0.2) is 0 Å². The zero-order valence-corrected chi connectivity index (χ0v) is 11.7. The standard InChI is InChI=1S/C15H19O3P/c16-19(17,18)11-5-1-2-6-13-9-10-14-7-3-4-8-15(14)12-13/h3-4,7-10,12H,1-2,5-6,11H2,(H2,16,17,18). The smallest absolute Gasteiger partial charge is 0.324 e. The molecule has 0 aliphatic carbocycles. The van der Waals surface area contributed by atoms with E-state index in [0.29, 0.717) is 6.42 Å². The molecule has 0 aromatic heterocycles. The summed E-state index contributed by atoms with van der Waals surface area (Å²) in [5, 5.41) is 2.49.